The first kappa shape index (κ1) is 17.0. The van der Waals surface area contributed by atoms with Crippen molar-refractivity contribution in [2.75, 3.05) is 33.7 Å². The average Bonchev–Trinajstić information content (AvgIpc) is 2.72. The summed E-state index contributed by atoms with van der Waals surface area (Å²) in [7, 11) is 3.46. The first-order chi connectivity index (χ1) is 11.4. The zero-order valence-electron chi connectivity index (χ0n) is 14.9. The largest absolute Gasteiger partial charge is 0.361 e. The molecule has 4 rings (SSSR count). The van der Waals surface area contributed by atoms with Gasteiger partial charge in [0, 0.05) is 45.3 Å². The molecule has 0 saturated carbocycles. The molecule has 3 saturated heterocycles. The van der Waals surface area contributed by atoms with E-state index in [0.717, 1.165) is 49.5 Å². The van der Waals surface area contributed by atoms with Gasteiger partial charge in [-0.3, -0.25) is 14.5 Å². The van der Waals surface area contributed by atoms with Crippen LogP contribution in [0.1, 0.15) is 29.9 Å². The molecule has 2 amide bonds. The van der Waals surface area contributed by atoms with E-state index in [2.05, 4.69) is 10.1 Å². The summed E-state index contributed by atoms with van der Waals surface area (Å²) >= 11 is 0. The molecule has 2 atom stereocenters. The first-order valence-electron chi connectivity index (χ1n) is 8.51. The van der Waals surface area contributed by atoms with Crippen molar-refractivity contribution in [1.82, 2.24) is 19.9 Å². The van der Waals surface area contributed by atoms with E-state index in [9.17, 15) is 9.59 Å². The van der Waals surface area contributed by atoms with Crippen LogP contribution in [0.3, 0.4) is 0 Å². The van der Waals surface area contributed by atoms with Gasteiger partial charge in [0.25, 0.3) is 0 Å². The second kappa shape index (κ2) is 6.55. The number of hydrogen-bond acceptors (Lipinski definition) is 5. The normalized spacial score (nSPS) is 24.3. The van der Waals surface area contributed by atoms with Gasteiger partial charge in [-0.15, -0.1) is 0 Å². The van der Waals surface area contributed by atoms with Crippen molar-refractivity contribution in [3.05, 3.63) is 17.0 Å². The van der Waals surface area contributed by atoms with Crippen molar-refractivity contribution in [3.8, 4) is 0 Å². The quantitative estimate of drug-likeness (QED) is 0.815. The number of amides is 2. The predicted molar refractivity (Wildman–Crippen MR) is 88.2 cm³/mol. The zero-order chi connectivity index (χ0) is 17.4. The van der Waals surface area contributed by atoms with Crippen LogP contribution in [-0.4, -0.2) is 71.4 Å². The number of nitrogens with zero attached hydrogens (tertiary/aromatic N) is 4. The monoisotopic (exact) mass is 334 g/mol. The molecule has 0 aromatic carbocycles. The lowest BCUT2D eigenvalue weighted by Gasteiger charge is -2.36. The Labute approximate surface area is 142 Å². The van der Waals surface area contributed by atoms with Gasteiger partial charge in [-0.2, -0.15) is 0 Å². The molecular formula is C17H26N4O3. The summed E-state index contributed by atoms with van der Waals surface area (Å²) in [6.45, 7) is 6.35. The average molecular weight is 334 g/mol. The van der Waals surface area contributed by atoms with E-state index in [-0.39, 0.29) is 30.3 Å². The highest BCUT2D eigenvalue weighted by Gasteiger charge is 2.41. The van der Waals surface area contributed by atoms with E-state index in [1.54, 1.807) is 23.9 Å². The summed E-state index contributed by atoms with van der Waals surface area (Å²) in [5.41, 5.74) is 2.02. The lowest BCUT2D eigenvalue weighted by Crippen LogP contribution is -2.51. The number of rotatable bonds is 4. The van der Waals surface area contributed by atoms with Crippen LogP contribution >= 0.6 is 0 Å². The smallest absolute Gasteiger partial charge is 0.241 e. The molecule has 1 aromatic heterocycles. The molecule has 0 spiro atoms. The molecular weight excluding hydrogens is 308 g/mol. The second-order valence-corrected chi connectivity index (χ2v) is 7.18. The third-order valence-electron chi connectivity index (χ3n) is 5.24. The Morgan fingerprint density at radius 2 is 2.04 bits per heavy atom. The molecule has 4 heterocycles. The van der Waals surface area contributed by atoms with Crippen LogP contribution in [0, 0.1) is 19.8 Å². The van der Waals surface area contributed by atoms with Crippen LogP contribution in [0.15, 0.2) is 4.52 Å². The fraction of sp³-hybridized carbons (Fsp3) is 0.706. The SMILES string of the molecule is Cc1noc(C)c1CN1C[C@H]2CC[C@@H](C1)N(CC(=O)N(C)C)C2=O. The van der Waals surface area contributed by atoms with Crippen molar-refractivity contribution < 1.29 is 14.1 Å². The van der Waals surface area contributed by atoms with E-state index in [1.165, 1.54) is 0 Å². The van der Waals surface area contributed by atoms with Gasteiger partial charge in [0.2, 0.25) is 11.8 Å². The van der Waals surface area contributed by atoms with Gasteiger partial charge in [0.15, 0.2) is 0 Å². The number of carbonyl (C=O) groups excluding carboxylic acids is 2. The Balaban J connectivity index is 1.75. The molecule has 132 valence electrons. The Bertz CT molecular complexity index is 620. The maximum atomic E-state index is 12.7. The Kier molecular flexibility index (Phi) is 4.62. The third kappa shape index (κ3) is 3.17. The second-order valence-electron chi connectivity index (χ2n) is 7.18. The summed E-state index contributed by atoms with van der Waals surface area (Å²) in [6.07, 6.45) is 1.88. The fourth-order valence-corrected chi connectivity index (χ4v) is 3.71. The van der Waals surface area contributed by atoms with Crippen molar-refractivity contribution >= 4 is 11.8 Å². The van der Waals surface area contributed by atoms with Gasteiger partial charge in [-0.1, -0.05) is 5.16 Å². The lowest BCUT2D eigenvalue weighted by atomic mass is 9.94. The molecule has 3 fully saturated rings. The van der Waals surface area contributed by atoms with E-state index >= 15 is 0 Å². The van der Waals surface area contributed by atoms with Crippen molar-refractivity contribution in [2.24, 2.45) is 5.92 Å². The molecule has 3 aliphatic rings. The highest BCUT2D eigenvalue weighted by molar-refractivity contribution is 5.86. The molecule has 0 N–H and O–H groups in total. The lowest BCUT2D eigenvalue weighted by molar-refractivity contribution is -0.145. The highest BCUT2D eigenvalue weighted by atomic mass is 16.5. The summed E-state index contributed by atoms with van der Waals surface area (Å²) in [5.74, 6) is 0.935. The summed E-state index contributed by atoms with van der Waals surface area (Å²) in [4.78, 5) is 30.5. The predicted octanol–water partition coefficient (Wildman–Crippen LogP) is 0.802. The van der Waals surface area contributed by atoms with E-state index in [4.69, 9.17) is 4.52 Å². The Morgan fingerprint density at radius 1 is 1.29 bits per heavy atom. The van der Waals surface area contributed by atoms with Gasteiger partial charge in [-0.05, 0) is 26.7 Å². The minimum absolute atomic E-state index is 0.0146. The summed E-state index contributed by atoms with van der Waals surface area (Å²) < 4.78 is 5.25. The van der Waals surface area contributed by atoms with Crippen LogP contribution in [0.5, 0.6) is 0 Å². The Hall–Kier alpha value is -1.89. The molecule has 7 nitrogen and oxygen atoms in total. The maximum absolute atomic E-state index is 12.7. The van der Waals surface area contributed by atoms with Gasteiger partial charge in [-0.25, -0.2) is 0 Å². The number of aromatic nitrogens is 1. The molecule has 2 bridgehead atoms. The van der Waals surface area contributed by atoms with E-state index in [0.29, 0.717) is 0 Å². The van der Waals surface area contributed by atoms with Gasteiger partial charge in [0.05, 0.1) is 11.6 Å². The van der Waals surface area contributed by atoms with Crippen LogP contribution in [0.4, 0.5) is 0 Å². The highest BCUT2D eigenvalue weighted by Crippen LogP contribution is 2.30. The van der Waals surface area contributed by atoms with Crippen molar-refractivity contribution in [3.63, 3.8) is 0 Å². The number of likely N-dealkylation sites (N-methyl/N-ethyl adjacent to an activating group) is 1. The zero-order valence-corrected chi connectivity index (χ0v) is 14.9. The van der Waals surface area contributed by atoms with E-state index < -0.39 is 0 Å². The van der Waals surface area contributed by atoms with Gasteiger partial charge < -0.3 is 14.3 Å². The summed E-state index contributed by atoms with van der Waals surface area (Å²) in [5, 5.41) is 4.02. The molecule has 1 aromatic rings. The number of fused-ring (bicyclic) bond motifs is 4. The number of piperidine rings is 1. The summed E-state index contributed by atoms with van der Waals surface area (Å²) in [6, 6.07) is 0.112. The molecule has 24 heavy (non-hydrogen) atoms. The molecule has 7 heteroatoms. The first-order valence-corrected chi connectivity index (χ1v) is 8.51. The standard InChI is InChI=1S/C17H26N4O3/c1-11-15(12(2)24-18-11)9-20-7-13-5-6-14(8-20)21(17(13)23)10-16(22)19(3)4/h13-14H,5-10H2,1-4H3/t13-,14+/m1/s1. The number of aryl methyl sites for hydroxylation is 2. The topological polar surface area (TPSA) is 69.9 Å². The molecule has 3 aliphatic heterocycles. The maximum Gasteiger partial charge on any atom is 0.241 e. The van der Waals surface area contributed by atoms with E-state index in [1.807, 2.05) is 13.8 Å². The molecule has 0 aliphatic carbocycles. The van der Waals surface area contributed by atoms with Gasteiger partial charge >= 0.3 is 0 Å². The van der Waals surface area contributed by atoms with Crippen molar-refractivity contribution in [2.45, 2.75) is 39.3 Å². The number of carbonyl (C=O) groups is 2. The molecule has 0 unspecified atom stereocenters. The van der Waals surface area contributed by atoms with Crippen LogP contribution in [0.2, 0.25) is 0 Å². The third-order valence-corrected chi connectivity index (χ3v) is 5.24. The van der Waals surface area contributed by atoms with Crippen molar-refractivity contribution in [1.29, 1.82) is 0 Å². The van der Waals surface area contributed by atoms with Crippen LogP contribution in [-0.2, 0) is 16.1 Å². The number of hydrogen-bond donors (Lipinski definition) is 0. The van der Waals surface area contributed by atoms with Gasteiger partial charge in [0.1, 0.15) is 12.3 Å². The van der Waals surface area contributed by atoms with Crippen LogP contribution in [0.25, 0.3) is 0 Å². The fourth-order valence-electron chi connectivity index (χ4n) is 3.71. The molecule has 0 radical (unpaired) electrons. The minimum Gasteiger partial charge on any atom is -0.361 e. The Morgan fingerprint density at radius 3 is 2.67 bits per heavy atom. The minimum atomic E-state index is -0.0202. The van der Waals surface area contributed by atoms with Crippen LogP contribution < -0.4 is 0 Å².